The van der Waals surface area contributed by atoms with Gasteiger partial charge in [-0.05, 0) is 0 Å². The Morgan fingerprint density at radius 3 is 2.75 bits per heavy atom. The molecule has 1 radical (unpaired) electrons. The molecule has 2 aliphatic rings. The van der Waals surface area contributed by atoms with Gasteiger partial charge in [-0.2, -0.15) is 0 Å². The first-order valence-electron chi connectivity index (χ1n) is 4.25. The van der Waals surface area contributed by atoms with Gasteiger partial charge >= 0.3 is 81.1 Å². The number of hydrogen-bond acceptors (Lipinski definition) is 3. The van der Waals surface area contributed by atoms with Crippen LogP contribution in [0.2, 0.25) is 0 Å². The second-order valence-corrected chi connectivity index (χ2v) is 6.51. The van der Waals surface area contributed by atoms with Crippen LogP contribution in [-0.4, -0.2) is 24.6 Å². The summed E-state index contributed by atoms with van der Waals surface area (Å²) in [6.45, 7) is 0. The molecule has 2 bridgehead atoms. The van der Waals surface area contributed by atoms with E-state index in [0.717, 1.165) is 11.8 Å². The Kier molecular flexibility index (Phi) is 2.90. The third-order valence-corrected chi connectivity index (χ3v) is 5.29. The normalized spacial score (nSPS) is 40.4. The summed E-state index contributed by atoms with van der Waals surface area (Å²) in [6.07, 6.45) is 5.17. The zero-order valence-corrected chi connectivity index (χ0v) is 9.37. The Hall–Kier alpha value is 0.628. The van der Waals surface area contributed by atoms with E-state index in [1.54, 1.807) is 0 Å². The molecule has 2 fully saturated rings. The summed E-state index contributed by atoms with van der Waals surface area (Å²) in [6, 6.07) is 0. The average molecular weight is 251 g/mol. The molecule has 69 valence electrons. The van der Waals surface area contributed by atoms with E-state index in [9.17, 15) is 3.74 Å². The predicted octanol–water partition coefficient (Wildman–Crippen LogP) is 1.25. The van der Waals surface area contributed by atoms with E-state index in [4.69, 9.17) is 7.27 Å². The van der Waals surface area contributed by atoms with Crippen molar-refractivity contribution in [3.63, 3.8) is 0 Å². The maximum absolute atomic E-state index is 10.3. The van der Waals surface area contributed by atoms with Gasteiger partial charge in [0.1, 0.15) is 0 Å². The van der Waals surface area contributed by atoms with E-state index in [1.165, 1.54) is 37.7 Å². The molecule has 4 unspecified atom stereocenters. The van der Waals surface area contributed by atoms with E-state index >= 15 is 0 Å². The quantitative estimate of drug-likeness (QED) is 0.605. The predicted molar refractivity (Wildman–Crippen MR) is 46.6 cm³/mol. The first kappa shape index (κ1) is 9.19. The van der Waals surface area contributed by atoms with Crippen molar-refractivity contribution in [1.29, 1.82) is 0 Å². The van der Waals surface area contributed by atoms with Gasteiger partial charge in [-0.3, -0.25) is 0 Å². The standard InChI is InChI=1S/C7H12AsO3S/c9-8(10)11-12-7-4-5-1-2-6(7)3-5/h5-7H,1-4H2,(H,9,10). The Morgan fingerprint density at radius 1 is 1.42 bits per heavy atom. The van der Waals surface area contributed by atoms with Crippen LogP contribution < -0.4 is 0 Å². The summed E-state index contributed by atoms with van der Waals surface area (Å²) >= 11 is -1.84. The fraction of sp³-hybridized carbons (Fsp3) is 1.00. The summed E-state index contributed by atoms with van der Waals surface area (Å²) in [5, 5.41) is 0.502. The molecule has 1 N–H and O–H groups in total. The molecule has 0 aromatic rings. The summed E-state index contributed by atoms with van der Waals surface area (Å²) < 4.78 is 23.6. The topological polar surface area (TPSA) is 46.5 Å². The van der Waals surface area contributed by atoms with E-state index in [0.29, 0.717) is 5.25 Å². The van der Waals surface area contributed by atoms with Crippen molar-refractivity contribution in [3.05, 3.63) is 0 Å². The van der Waals surface area contributed by atoms with Crippen LogP contribution in [0, 0.1) is 11.8 Å². The number of hydrogen-bond donors (Lipinski definition) is 1. The monoisotopic (exact) mass is 251 g/mol. The second-order valence-electron chi connectivity index (χ2n) is 3.62. The van der Waals surface area contributed by atoms with Crippen molar-refractivity contribution >= 4 is 27.3 Å². The molecule has 0 spiro atoms. The first-order chi connectivity index (χ1) is 5.75. The molecule has 2 saturated carbocycles. The maximum atomic E-state index is 10.3. The van der Waals surface area contributed by atoms with Gasteiger partial charge < -0.3 is 0 Å². The molecule has 2 rings (SSSR count). The third-order valence-electron chi connectivity index (χ3n) is 2.90. The van der Waals surface area contributed by atoms with Crippen molar-refractivity contribution < 1.29 is 11.0 Å². The Bertz CT molecular complexity index is 199. The van der Waals surface area contributed by atoms with Gasteiger partial charge in [0.15, 0.2) is 0 Å². The van der Waals surface area contributed by atoms with Crippen LogP contribution in [-0.2, 0) is 6.91 Å². The van der Waals surface area contributed by atoms with Gasteiger partial charge in [0.25, 0.3) is 0 Å². The zero-order chi connectivity index (χ0) is 8.55. The molecule has 3 nitrogen and oxygen atoms in total. The van der Waals surface area contributed by atoms with Crippen molar-refractivity contribution in [2.75, 3.05) is 0 Å². The van der Waals surface area contributed by atoms with Crippen molar-refractivity contribution in [2.24, 2.45) is 11.8 Å². The van der Waals surface area contributed by atoms with Crippen LogP contribution in [0.25, 0.3) is 0 Å². The molecule has 0 amide bonds. The van der Waals surface area contributed by atoms with Crippen LogP contribution in [0.3, 0.4) is 0 Å². The van der Waals surface area contributed by atoms with Crippen molar-refractivity contribution in [2.45, 2.75) is 30.9 Å². The Labute approximate surface area is 81.3 Å². The Morgan fingerprint density at radius 2 is 2.25 bits per heavy atom. The molecule has 12 heavy (non-hydrogen) atoms. The van der Waals surface area contributed by atoms with Crippen LogP contribution in [0.5, 0.6) is 0 Å². The average Bonchev–Trinajstić information content (AvgIpc) is 2.60. The van der Waals surface area contributed by atoms with Crippen molar-refractivity contribution in [1.82, 2.24) is 0 Å². The zero-order valence-electron chi connectivity index (χ0n) is 6.68. The molecule has 0 aromatic heterocycles. The van der Waals surface area contributed by atoms with Crippen LogP contribution >= 0.6 is 12.0 Å². The van der Waals surface area contributed by atoms with E-state index in [2.05, 4.69) is 0 Å². The molecule has 5 heteroatoms. The molecule has 0 saturated heterocycles. The summed E-state index contributed by atoms with van der Waals surface area (Å²) in [5.74, 6) is 1.64. The third kappa shape index (κ3) is 1.92. The van der Waals surface area contributed by atoms with Gasteiger partial charge in [0.05, 0.1) is 0 Å². The second kappa shape index (κ2) is 3.79. The van der Waals surface area contributed by atoms with E-state index < -0.39 is 15.3 Å². The first-order valence-corrected chi connectivity index (χ1v) is 7.43. The van der Waals surface area contributed by atoms with Gasteiger partial charge in [0, 0.05) is 0 Å². The number of fused-ring (bicyclic) bond motifs is 2. The summed E-state index contributed by atoms with van der Waals surface area (Å²) in [4.78, 5) is 0. The van der Waals surface area contributed by atoms with Gasteiger partial charge in [-0.1, -0.05) is 0 Å². The molecule has 0 aliphatic heterocycles. The summed E-state index contributed by atoms with van der Waals surface area (Å²) in [7, 11) is 0. The van der Waals surface area contributed by atoms with E-state index in [1.807, 2.05) is 0 Å². The fourth-order valence-electron chi connectivity index (χ4n) is 2.40. The minimum atomic E-state index is -3.10. The van der Waals surface area contributed by atoms with Gasteiger partial charge in [-0.15, -0.1) is 0 Å². The molecule has 4 atom stereocenters. The van der Waals surface area contributed by atoms with Crippen LogP contribution in [0.4, 0.5) is 0 Å². The van der Waals surface area contributed by atoms with Crippen LogP contribution in [0.1, 0.15) is 25.7 Å². The molecule has 0 heterocycles. The van der Waals surface area contributed by atoms with Gasteiger partial charge in [-0.25, -0.2) is 0 Å². The Balaban J connectivity index is 1.79. The SMILES string of the molecule is O=[As](O)OSC1CC2CCC1C2. The van der Waals surface area contributed by atoms with Crippen molar-refractivity contribution in [3.8, 4) is 0 Å². The fourth-order valence-corrected chi connectivity index (χ4v) is 4.49. The molecular formula is C7H12AsO3S. The molecular weight excluding hydrogens is 239 g/mol. The molecule has 2 aliphatic carbocycles. The minimum absolute atomic E-state index is 0.502. The molecule has 0 aromatic carbocycles. The van der Waals surface area contributed by atoms with E-state index in [-0.39, 0.29) is 0 Å². The number of rotatable bonds is 3. The van der Waals surface area contributed by atoms with Crippen LogP contribution in [0.15, 0.2) is 0 Å². The summed E-state index contributed by atoms with van der Waals surface area (Å²) in [5.41, 5.74) is 0. The van der Waals surface area contributed by atoms with Gasteiger partial charge in [0.2, 0.25) is 0 Å².